The molecule has 5 aromatic rings. The number of nitrogens with zero attached hydrogens (tertiary/aromatic N) is 5. The van der Waals surface area contributed by atoms with Crippen LogP contribution in [0.2, 0.25) is 0 Å². The van der Waals surface area contributed by atoms with Crippen molar-refractivity contribution in [2.24, 2.45) is 0 Å². The van der Waals surface area contributed by atoms with Crippen molar-refractivity contribution in [3.8, 4) is 22.5 Å². The molecule has 0 amide bonds. The van der Waals surface area contributed by atoms with E-state index in [0.717, 1.165) is 39.8 Å². The number of aromatic carboxylic acids is 1. The average molecular weight is 453 g/mol. The third-order valence-electron chi connectivity index (χ3n) is 6.34. The summed E-state index contributed by atoms with van der Waals surface area (Å²) in [6.07, 6.45) is 5.07. The molecule has 3 heterocycles. The highest BCUT2D eigenvalue weighted by Gasteiger charge is 2.21. The average Bonchev–Trinajstić information content (AvgIpc) is 3.54. The third kappa shape index (κ3) is 3.83. The van der Waals surface area contributed by atoms with Gasteiger partial charge in [-0.1, -0.05) is 62.4 Å². The van der Waals surface area contributed by atoms with Crippen LogP contribution < -0.4 is 0 Å². The molecule has 3 aromatic heterocycles. The van der Waals surface area contributed by atoms with Crippen LogP contribution >= 0.6 is 0 Å². The Kier molecular flexibility index (Phi) is 5.63. The molecule has 2 aromatic carbocycles. The normalized spacial score (nSPS) is 12.2. The smallest absolute Gasteiger partial charge is 0.338 e. The summed E-state index contributed by atoms with van der Waals surface area (Å²) in [6, 6.07) is 18.1. The van der Waals surface area contributed by atoms with E-state index in [4.69, 9.17) is 0 Å². The summed E-state index contributed by atoms with van der Waals surface area (Å²) in [6.45, 7) is 4.12. The van der Waals surface area contributed by atoms with Crippen LogP contribution in [0.3, 0.4) is 0 Å². The summed E-state index contributed by atoms with van der Waals surface area (Å²) in [5, 5.41) is 28.7. The van der Waals surface area contributed by atoms with Gasteiger partial charge < -0.3 is 5.11 Å². The predicted molar refractivity (Wildman–Crippen MR) is 129 cm³/mol. The fraction of sp³-hybridized carbons (Fsp3) is 0.192. The van der Waals surface area contributed by atoms with E-state index in [9.17, 15) is 9.90 Å². The highest BCUT2D eigenvalue weighted by Crippen LogP contribution is 2.31. The summed E-state index contributed by atoms with van der Waals surface area (Å²) in [4.78, 5) is 12.2. The van der Waals surface area contributed by atoms with Gasteiger partial charge in [-0.25, -0.2) is 14.4 Å². The molecule has 2 N–H and O–H groups in total. The van der Waals surface area contributed by atoms with Crippen molar-refractivity contribution in [3.63, 3.8) is 0 Å². The number of benzene rings is 2. The van der Waals surface area contributed by atoms with Gasteiger partial charge in [-0.15, -0.1) is 5.10 Å². The third-order valence-corrected chi connectivity index (χ3v) is 6.34. The van der Waals surface area contributed by atoms with E-state index in [0.29, 0.717) is 23.3 Å². The summed E-state index contributed by atoms with van der Waals surface area (Å²) < 4.78 is 1.67. The zero-order valence-electron chi connectivity index (χ0n) is 18.9. The van der Waals surface area contributed by atoms with Gasteiger partial charge in [0.25, 0.3) is 0 Å². The second kappa shape index (κ2) is 8.90. The first kappa shape index (κ1) is 21.5. The van der Waals surface area contributed by atoms with E-state index in [1.54, 1.807) is 10.7 Å². The molecule has 0 spiro atoms. The van der Waals surface area contributed by atoms with E-state index in [1.165, 1.54) is 0 Å². The minimum Gasteiger partial charge on any atom is -0.478 e. The molecule has 0 saturated carbocycles. The molecule has 5 rings (SSSR count). The largest absolute Gasteiger partial charge is 0.478 e. The number of hydrogen-bond donors (Lipinski definition) is 2. The molecule has 1 atom stereocenters. The molecule has 8 heteroatoms. The van der Waals surface area contributed by atoms with Crippen molar-refractivity contribution in [1.29, 1.82) is 0 Å². The second-order valence-electron chi connectivity index (χ2n) is 8.39. The van der Waals surface area contributed by atoms with E-state index < -0.39 is 5.97 Å². The van der Waals surface area contributed by atoms with Gasteiger partial charge in [-0.05, 0) is 51.1 Å². The van der Waals surface area contributed by atoms with Crippen LogP contribution in [0.15, 0.2) is 67.0 Å². The first-order valence-electron chi connectivity index (χ1n) is 11.2. The molecule has 8 nitrogen and oxygen atoms in total. The lowest BCUT2D eigenvalue weighted by Crippen LogP contribution is -2.09. The molecule has 0 aliphatic rings. The van der Waals surface area contributed by atoms with Crippen LogP contribution in [0.5, 0.6) is 0 Å². The van der Waals surface area contributed by atoms with Gasteiger partial charge in [-0.3, -0.25) is 0 Å². The fourth-order valence-corrected chi connectivity index (χ4v) is 4.38. The van der Waals surface area contributed by atoms with Crippen LogP contribution in [-0.4, -0.2) is 41.3 Å². The number of aromatic amines is 1. The Balaban J connectivity index is 1.50. The van der Waals surface area contributed by atoms with Crippen molar-refractivity contribution < 1.29 is 9.90 Å². The Bertz CT molecular complexity index is 1450. The van der Waals surface area contributed by atoms with Gasteiger partial charge in [0.2, 0.25) is 0 Å². The van der Waals surface area contributed by atoms with Gasteiger partial charge in [0.05, 0.1) is 17.3 Å². The van der Waals surface area contributed by atoms with Gasteiger partial charge in [0.1, 0.15) is 0 Å². The van der Waals surface area contributed by atoms with Crippen LogP contribution in [-0.2, 0) is 6.42 Å². The van der Waals surface area contributed by atoms with Crippen molar-refractivity contribution in [3.05, 3.63) is 89.2 Å². The van der Waals surface area contributed by atoms with Gasteiger partial charge >= 0.3 is 5.97 Å². The number of pyridine rings is 1. The Labute approximate surface area is 196 Å². The molecule has 0 bridgehead atoms. The second-order valence-corrected chi connectivity index (χ2v) is 8.39. The van der Waals surface area contributed by atoms with Crippen LogP contribution in [0.4, 0.5) is 0 Å². The van der Waals surface area contributed by atoms with Crippen LogP contribution in [0, 0.1) is 0 Å². The number of carboxylic acid groups (broad SMARTS) is 1. The molecule has 0 radical (unpaired) electrons. The molecular formula is C26H24N6O2. The quantitative estimate of drug-likeness (QED) is 0.360. The Morgan fingerprint density at radius 3 is 2.53 bits per heavy atom. The lowest BCUT2D eigenvalue weighted by molar-refractivity contribution is 0.0696. The molecule has 0 saturated heterocycles. The number of nitrogens with one attached hydrogen (secondary N) is 1. The molecule has 0 aliphatic heterocycles. The lowest BCUT2D eigenvalue weighted by atomic mass is 9.92. The maximum Gasteiger partial charge on any atom is 0.338 e. The lowest BCUT2D eigenvalue weighted by Gasteiger charge is -2.14. The van der Waals surface area contributed by atoms with Crippen molar-refractivity contribution in [2.75, 3.05) is 0 Å². The van der Waals surface area contributed by atoms with E-state index in [-0.39, 0.29) is 5.92 Å². The summed E-state index contributed by atoms with van der Waals surface area (Å²) in [5.41, 5.74) is 6.81. The molecule has 1 unspecified atom stereocenters. The summed E-state index contributed by atoms with van der Waals surface area (Å²) >= 11 is 0. The zero-order chi connectivity index (χ0) is 23.7. The van der Waals surface area contributed by atoms with Gasteiger partial charge in [-0.2, -0.15) is 5.10 Å². The number of carboxylic acids is 1. The number of hydrogen-bond acceptors (Lipinski definition) is 5. The number of carbonyl (C=O) groups is 1. The van der Waals surface area contributed by atoms with E-state index in [2.05, 4.69) is 63.8 Å². The van der Waals surface area contributed by atoms with E-state index in [1.807, 2.05) is 36.5 Å². The minimum atomic E-state index is -0.920. The van der Waals surface area contributed by atoms with Crippen molar-refractivity contribution in [2.45, 2.75) is 32.6 Å². The number of fused-ring (bicyclic) bond motifs is 1. The molecule has 34 heavy (non-hydrogen) atoms. The maximum absolute atomic E-state index is 12.2. The monoisotopic (exact) mass is 452 g/mol. The molecule has 0 aliphatic carbocycles. The highest BCUT2D eigenvalue weighted by atomic mass is 16.4. The Morgan fingerprint density at radius 2 is 1.85 bits per heavy atom. The van der Waals surface area contributed by atoms with Gasteiger partial charge in [0.15, 0.2) is 5.82 Å². The summed E-state index contributed by atoms with van der Waals surface area (Å²) in [7, 11) is 0. The number of tetrazole rings is 1. The minimum absolute atomic E-state index is 0.151. The predicted octanol–water partition coefficient (Wildman–Crippen LogP) is 4.98. The highest BCUT2D eigenvalue weighted by molar-refractivity contribution is 5.98. The molecule has 0 fully saturated rings. The van der Waals surface area contributed by atoms with Crippen LogP contribution in [0.25, 0.3) is 28.0 Å². The number of rotatable bonds is 7. The first-order chi connectivity index (χ1) is 16.6. The van der Waals surface area contributed by atoms with E-state index >= 15 is 0 Å². The fourth-order valence-electron chi connectivity index (χ4n) is 4.38. The first-order valence-corrected chi connectivity index (χ1v) is 11.2. The van der Waals surface area contributed by atoms with Gasteiger partial charge in [0, 0.05) is 23.7 Å². The van der Waals surface area contributed by atoms with Crippen molar-refractivity contribution >= 4 is 11.5 Å². The SMILES string of the molecule is CCC(C)c1ccn2ncc(Cc3ccc(-c4ccccc4-c4nnn[nH]4)cc3)c2c1C(=O)O. The number of H-pyrrole nitrogens is 1. The molecule has 170 valence electrons. The Morgan fingerprint density at radius 1 is 1.09 bits per heavy atom. The standard InChI is InChI=1S/C26H24N6O2/c1-3-16(2)20-12-13-32-24(23(20)26(33)34)19(15-27-32)14-17-8-10-18(11-9-17)21-6-4-5-7-22(21)25-28-30-31-29-25/h4-13,15-16H,3,14H2,1-2H3,(H,33,34)(H,28,29,30,31). The molecular weight excluding hydrogens is 428 g/mol. The maximum atomic E-state index is 12.2. The Hall–Kier alpha value is -4.33. The van der Waals surface area contributed by atoms with Crippen molar-refractivity contribution in [1.82, 2.24) is 30.2 Å². The zero-order valence-corrected chi connectivity index (χ0v) is 18.9. The topological polar surface area (TPSA) is 109 Å². The van der Waals surface area contributed by atoms with Crippen LogP contribution in [0.1, 0.15) is 53.2 Å². The summed E-state index contributed by atoms with van der Waals surface area (Å²) in [5.74, 6) is -0.154. The number of aromatic nitrogens is 6.